The second kappa shape index (κ2) is 6.18. The van der Waals surface area contributed by atoms with Crippen LogP contribution in [-0.4, -0.2) is 19.1 Å². The van der Waals surface area contributed by atoms with Gasteiger partial charge >= 0.3 is 0 Å². The molecule has 0 aromatic heterocycles. The van der Waals surface area contributed by atoms with Crippen LogP contribution in [0.15, 0.2) is 24.3 Å². The van der Waals surface area contributed by atoms with Gasteiger partial charge in [0, 0.05) is 6.04 Å². The van der Waals surface area contributed by atoms with E-state index < -0.39 is 0 Å². The molecule has 1 aliphatic carbocycles. The van der Waals surface area contributed by atoms with Gasteiger partial charge in [-0.05, 0) is 55.8 Å². The summed E-state index contributed by atoms with van der Waals surface area (Å²) in [5, 5.41) is 3.53. The molecule has 1 aliphatic rings. The van der Waals surface area contributed by atoms with E-state index in [1.807, 2.05) is 0 Å². The van der Waals surface area contributed by atoms with E-state index in [1.165, 1.54) is 24.0 Å². The van der Waals surface area contributed by atoms with E-state index in [9.17, 15) is 0 Å². The van der Waals surface area contributed by atoms with Gasteiger partial charge in [0.05, 0.1) is 0 Å². The predicted octanol–water partition coefficient (Wildman–Crippen LogP) is 2.12. The van der Waals surface area contributed by atoms with Crippen LogP contribution in [-0.2, 0) is 12.8 Å². The van der Waals surface area contributed by atoms with Crippen molar-refractivity contribution in [1.82, 2.24) is 5.32 Å². The Balaban J connectivity index is 1.61. The molecule has 17 heavy (non-hydrogen) atoms. The first-order chi connectivity index (χ1) is 8.28. The van der Waals surface area contributed by atoms with Crippen LogP contribution in [0.1, 0.15) is 30.9 Å². The Morgan fingerprint density at radius 1 is 1.18 bits per heavy atom. The molecule has 0 aliphatic heterocycles. The molecule has 1 fully saturated rings. The van der Waals surface area contributed by atoms with Crippen LogP contribution in [0.4, 0.5) is 0 Å². The van der Waals surface area contributed by atoms with Crippen LogP contribution in [0.3, 0.4) is 0 Å². The van der Waals surface area contributed by atoms with Crippen molar-refractivity contribution in [3.63, 3.8) is 0 Å². The Hall–Kier alpha value is -0.860. The van der Waals surface area contributed by atoms with E-state index in [0.29, 0.717) is 6.04 Å². The number of aryl methyl sites for hydroxylation is 1. The lowest BCUT2D eigenvalue weighted by atomic mass is 9.81. The van der Waals surface area contributed by atoms with Crippen LogP contribution in [0, 0.1) is 5.92 Å². The van der Waals surface area contributed by atoms with Gasteiger partial charge < -0.3 is 11.1 Å². The molecule has 1 aromatic carbocycles. The largest absolute Gasteiger partial charge is 0.328 e. The predicted molar refractivity (Wildman–Crippen MR) is 73.1 cm³/mol. The van der Waals surface area contributed by atoms with Crippen molar-refractivity contribution in [1.29, 1.82) is 0 Å². The van der Waals surface area contributed by atoms with Gasteiger partial charge in [0.2, 0.25) is 0 Å². The zero-order chi connectivity index (χ0) is 12.1. The van der Waals surface area contributed by atoms with E-state index in [4.69, 9.17) is 5.73 Å². The number of nitrogens with one attached hydrogen (secondary N) is 1. The highest BCUT2D eigenvalue weighted by molar-refractivity contribution is 5.22. The molecule has 0 heterocycles. The summed E-state index contributed by atoms with van der Waals surface area (Å²) >= 11 is 0. The molecule has 1 aromatic rings. The smallest absolute Gasteiger partial charge is 0.00450 e. The van der Waals surface area contributed by atoms with E-state index >= 15 is 0 Å². The maximum atomic E-state index is 5.76. The Morgan fingerprint density at radius 3 is 2.41 bits per heavy atom. The summed E-state index contributed by atoms with van der Waals surface area (Å²) < 4.78 is 0. The molecule has 0 unspecified atom stereocenters. The van der Waals surface area contributed by atoms with Crippen LogP contribution in [0.5, 0.6) is 0 Å². The quantitative estimate of drug-likeness (QED) is 0.737. The van der Waals surface area contributed by atoms with Crippen molar-refractivity contribution in [3.05, 3.63) is 35.4 Å². The van der Waals surface area contributed by atoms with Gasteiger partial charge in [0.1, 0.15) is 0 Å². The average Bonchev–Trinajstić information content (AvgIpc) is 2.32. The first-order valence-corrected chi connectivity index (χ1v) is 6.82. The lowest BCUT2D eigenvalue weighted by Gasteiger charge is -2.32. The minimum atomic E-state index is 0.475. The Morgan fingerprint density at radius 2 is 1.82 bits per heavy atom. The summed E-state index contributed by atoms with van der Waals surface area (Å²) in [5.74, 6) is 0.826. The summed E-state index contributed by atoms with van der Waals surface area (Å²) in [5.41, 5.74) is 8.62. The number of rotatable bonds is 6. The van der Waals surface area contributed by atoms with Crippen molar-refractivity contribution < 1.29 is 0 Å². The molecule has 0 atom stereocenters. The topological polar surface area (TPSA) is 38.0 Å². The van der Waals surface area contributed by atoms with Crippen molar-refractivity contribution in [2.75, 3.05) is 13.1 Å². The highest BCUT2D eigenvalue weighted by atomic mass is 14.9. The summed E-state index contributed by atoms with van der Waals surface area (Å²) in [6, 6.07) is 9.45. The van der Waals surface area contributed by atoms with Crippen molar-refractivity contribution in [3.8, 4) is 0 Å². The van der Waals surface area contributed by atoms with Gasteiger partial charge in [-0.15, -0.1) is 0 Å². The van der Waals surface area contributed by atoms with E-state index in [0.717, 1.165) is 31.8 Å². The van der Waals surface area contributed by atoms with Crippen LogP contribution in [0.25, 0.3) is 0 Å². The van der Waals surface area contributed by atoms with Gasteiger partial charge in [-0.2, -0.15) is 0 Å². The monoisotopic (exact) mass is 232 g/mol. The first kappa shape index (κ1) is 12.6. The summed E-state index contributed by atoms with van der Waals surface area (Å²) in [7, 11) is 0. The molecule has 0 saturated heterocycles. The molecule has 1 saturated carbocycles. The summed E-state index contributed by atoms with van der Waals surface area (Å²) in [4.78, 5) is 0. The van der Waals surface area contributed by atoms with Crippen LogP contribution >= 0.6 is 0 Å². The second-order valence-electron chi connectivity index (χ2n) is 5.22. The Bertz CT molecular complexity index is 325. The third-order valence-corrected chi connectivity index (χ3v) is 3.73. The lowest BCUT2D eigenvalue weighted by Crippen LogP contribution is -2.41. The molecular formula is C15H24N2. The number of nitrogens with two attached hydrogens (primary N) is 1. The summed E-state index contributed by atoms with van der Waals surface area (Å²) in [6.07, 6.45) is 4.67. The number of hydrogen-bond donors (Lipinski definition) is 2. The molecule has 0 bridgehead atoms. The third-order valence-electron chi connectivity index (χ3n) is 3.73. The van der Waals surface area contributed by atoms with E-state index in [2.05, 4.69) is 36.5 Å². The third kappa shape index (κ3) is 3.83. The van der Waals surface area contributed by atoms with Crippen molar-refractivity contribution in [2.45, 2.75) is 38.6 Å². The maximum Gasteiger partial charge on any atom is 0.00450 e. The first-order valence-electron chi connectivity index (χ1n) is 6.82. The molecule has 0 amide bonds. The van der Waals surface area contributed by atoms with Crippen LogP contribution < -0.4 is 11.1 Å². The number of hydrogen-bond acceptors (Lipinski definition) is 2. The normalized spacial score (nSPS) is 23.4. The zero-order valence-corrected chi connectivity index (χ0v) is 10.8. The zero-order valence-electron chi connectivity index (χ0n) is 10.8. The Labute approximate surface area is 105 Å². The fourth-order valence-electron chi connectivity index (χ4n) is 2.43. The van der Waals surface area contributed by atoms with Crippen molar-refractivity contribution in [2.24, 2.45) is 11.7 Å². The van der Waals surface area contributed by atoms with Gasteiger partial charge in [-0.3, -0.25) is 0 Å². The summed E-state index contributed by atoms with van der Waals surface area (Å²) in [6.45, 7) is 4.41. The molecule has 0 radical (unpaired) electrons. The minimum Gasteiger partial charge on any atom is -0.328 e. The van der Waals surface area contributed by atoms with Gasteiger partial charge in [-0.25, -0.2) is 0 Å². The van der Waals surface area contributed by atoms with Crippen LogP contribution in [0.2, 0.25) is 0 Å². The van der Waals surface area contributed by atoms with Gasteiger partial charge in [0.15, 0.2) is 0 Å². The molecule has 2 nitrogen and oxygen atoms in total. The van der Waals surface area contributed by atoms with E-state index in [-0.39, 0.29) is 0 Å². The molecule has 3 N–H and O–H groups in total. The molecular weight excluding hydrogens is 208 g/mol. The minimum absolute atomic E-state index is 0.475. The molecule has 94 valence electrons. The average molecular weight is 232 g/mol. The molecule has 2 rings (SSSR count). The van der Waals surface area contributed by atoms with Gasteiger partial charge in [0.25, 0.3) is 0 Å². The fraction of sp³-hybridized carbons (Fsp3) is 0.600. The highest BCUT2D eigenvalue weighted by Crippen LogP contribution is 2.24. The number of benzene rings is 1. The molecule has 2 heteroatoms. The van der Waals surface area contributed by atoms with E-state index in [1.54, 1.807) is 0 Å². The maximum absolute atomic E-state index is 5.76. The van der Waals surface area contributed by atoms with Gasteiger partial charge in [-0.1, -0.05) is 31.2 Å². The highest BCUT2D eigenvalue weighted by Gasteiger charge is 2.24. The molecule has 0 spiro atoms. The SMILES string of the molecule is CCc1ccc(CCNCC2CC(N)C2)cc1. The Kier molecular flexibility index (Phi) is 4.57. The second-order valence-corrected chi connectivity index (χ2v) is 5.22. The standard InChI is InChI=1S/C15H24N2/c1-2-12-3-5-13(6-4-12)7-8-17-11-14-9-15(16)10-14/h3-6,14-15,17H,2,7-11,16H2,1H3. The fourth-order valence-corrected chi connectivity index (χ4v) is 2.43. The lowest BCUT2D eigenvalue weighted by molar-refractivity contribution is 0.257. The van der Waals surface area contributed by atoms with Crippen molar-refractivity contribution >= 4 is 0 Å².